The maximum Gasteiger partial charge on any atom is 0.0561 e. The summed E-state index contributed by atoms with van der Waals surface area (Å²) in [4.78, 5) is 1.10. The molecule has 1 aromatic heterocycles. The molecule has 0 fully saturated rings. The molecular weight excluding hydrogens is 201 g/mol. The molecule has 11 heavy (non-hydrogen) atoms. The fourth-order valence-electron chi connectivity index (χ4n) is 0.755. The molecule has 0 bridgehead atoms. The van der Waals surface area contributed by atoms with Crippen LogP contribution in [0.5, 0.6) is 0 Å². The molecule has 0 aromatic carbocycles. The highest BCUT2D eigenvalue weighted by Gasteiger charge is 2.08. The maximum atomic E-state index is 5.84. The lowest BCUT2D eigenvalue weighted by molar-refractivity contribution is 0.712. The van der Waals surface area contributed by atoms with E-state index >= 15 is 0 Å². The first-order valence-electron chi connectivity index (χ1n) is 3.24. The Bertz CT molecular complexity index is 212. The SMILES string of the molecule is CC[C@H](N)c1sccc1Cl.Cl. The van der Waals surface area contributed by atoms with Gasteiger partial charge >= 0.3 is 0 Å². The molecule has 0 unspecified atom stereocenters. The summed E-state index contributed by atoms with van der Waals surface area (Å²) in [7, 11) is 0. The zero-order valence-electron chi connectivity index (χ0n) is 6.21. The van der Waals surface area contributed by atoms with E-state index in [1.165, 1.54) is 0 Å². The average molecular weight is 212 g/mol. The van der Waals surface area contributed by atoms with E-state index in [0.29, 0.717) is 0 Å². The molecule has 1 nitrogen and oxygen atoms in total. The highest BCUT2D eigenvalue weighted by molar-refractivity contribution is 7.10. The molecule has 1 aromatic rings. The van der Waals surface area contributed by atoms with Gasteiger partial charge in [0.15, 0.2) is 0 Å². The largest absolute Gasteiger partial charge is 0.323 e. The van der Waals surface area contributed by atoms with E-state index in [-0.39, 0.29) is 18.4 Å². The fourth-order valence-corrected chi connectivity index (χ4v) is 2.04. The standard InChI is InChI=1S/C7H10ClNS.ClH/c1-2-6(9)7-5(8)3-4-10-7;/h3-4,6H,2,9H2,1H3;1H/t6-;/m0./s1. The molecule has 1 atom stereocenters. The van der Waals surface area contributed by atoms with Crippen molar-refractivity contribution in [1.29, 1.82) is 0 Å². The first kappa shape index (κ1) is 11.2. The fraction of sp³-hybridized carbons (Fsp3) is 0.429. The van der Waals surface area contributed by atoms with Crippen molar-refractivity contribution in [3.63, 3.8) is 0 Å². The Kier molecular flexibility index (Phi) is 5.10. The Balaban J connectivity index is 0.000001000. The second-order valence-electron chi connectivity index (χ2n) is 2.15. The quantitative estimate of drug-likeness (QED) is 0.800. The van der Waals surface area contributed by atoms with Crippen molar-refractivity contribution in [1.82, 2.24) is 0 Å². The Morgan fingerprint density at radius 2 is 2.36 bits per heavy atom. The number of thiophene rings is 1. The molecule has 0 amide bonds. The molecule has 1 heterocycles. The van der Waals surface area contributed by atoms with Gasteiger partial charge in [-0.3, -0.25) is 0 Å². The lowest BCUT2D eigenvalue weighted by atomic mass is 10.2. The van der Waals surface area contributed by atoms with Crippen molar-refractivity contribution >= 4 is 35.3 Å². The minimum absolute atomic E-state index is 0. The van der Waals surface area contributed by atoms with Crippen LogP contribution in [0.1, 0.15) is 24.3 Å². The molecule has 0 aliphatic rings. The van der Waals surface area contributed by atoms with Crippen LogP contribution in [-0.4, -0.2) is 0 Å². The van der Waals surface area contributed by atoms with Crippen LogP contribution in [0.4, 0.5) is 0 Å². The van der Waals surface area contributed by atoms with Crippen LogP contribution in [0.25, 0.3) is 0 Å². The first-order valence-corrected chi connectivity index (χ1v) is 4.50. The summed E-state index contributed by atoms with van der Waals surface area (Å²) in [6.07, 6.45) is 0.945. The third-order valence-corrected chi connectivity index (χ3v) is 2.91. The van der Waals surface area contributed by atoms with Gasteiger partial charge in [-0.2, -0.15) is 0 Å². The van der Waals surface area contributed by atoms with E-state index in [1.54, 1.807) is 11.3 Å². The summed E-state index contributed by atoms with van der Waals surface area (Å²) < 4.78 is 0. The van der Waals surface area contributed by atoms with Crippen molar-refractivity contribution in [2.75, 3.05) is 0 Å². The number of hydrogen-bond acceptors (Lipinski definition) is 2. The normalized spacial score (nSPS) is 12.3. The minimum Gasteiger partial charge on any atom is -0.323 e. The Morgan fingerprint density at radius 3 is 2.73 bits per heavy atom. The van der Waals surface area contributed by atoms with Gasteiger partial charge in [-0.05, 0) is 17.9 Å². The smallest absolute Gasteiger partial charge is 0.0561 e. The predicted octanol–water partition coefficient (Wildman–Crippen LogP) is 3.23. The second kappa shape index (κ2) is 4.99. The van der Waals surface area contributed by atoms with Gasteiger partial charge in [-0.15, -0.1) is 23.7 Å². The van der Waals surface area contributed by atoms with Gasteiger partial charge < -0.3 is 5.73 Å². The van der Waals surface area contributed by atoms with Crippen LogP contribution >= 0.6 is 35.3 Å². The minimum atomic E-state index is 0. The van der Waals surface area contributed by atoms with E-state index in [0.717, 1.165) is 16.3 Å². The van der Waals surface area contributed by atoms with Crippen LogP contribution in [0.3, 0.4) is 0 Å². The molecule has 0 aliphatic carbocycles. The van der Waals surface area contributed by atoms with Gasteiger partial charge in [0, 0.05) is 10.9 Å². The average Bonchev–Trinajstić information content (AvgIpc) is 2.34. The van der Waals surface area contributed by atoms with Gasteiger partial charge in [0.1, 0.15) is 0 Å². The number of halogens is 2. The zero-order valence-corrected chi connectivity index (χ0v) is 8.60. The van der Waals surface area contributed by atoms with E-state index in [9.17, 15) is 0 Å². The van der Waals surface area contributed by atoms with Crippen LogP contribution in [0.15, 0.2) is 11.4 Å². The third kappa shape index (κ3) is 2.64. The van der Waals surface area contributed by atoms with Crippen molar-refractivity contribution in [3.05, 3.63) is 21.3 Å². The second-order valence-corrected chi connectivity index (χ2v) is 3.50. The van der Waals surface area contributed by atoms with Crippen LogP contribution < -0.4 is 5.73 Å². The summed E-state index contributed by atoms with van der Waals surface area (Å²) in [6, 6.07) is 2.00. The molecule has 0 saturated heterocycles. The summed E-state index contributed by atoms with van der Waals surface area (Å²) >= 11 is 7.47. The van der Waals surface area contributed by atoms with Crippen molar-refractivity contribution < 1.29 is 0 Å². The Labute approximate surface area is 82.0 Å². The van der Waals surface area contributed by atoms with Gasteiger partial charge in [-0.25, -0.2) is 0 Å². The van der Waals surface area contributed by atoms with Gasteiger partial charge in [-0.1, -0.05) is 18.5 Å². The number of hydrogen-bond donors (Lipinski definition) is 1. The third-order valence-electron chi connectivity index (χ3n) is 1.42. The topological polar surface area (TPSA) is 26.0 Å². The molecule has 1 rings (SSSR count). The lowest BCUT2D eigenvalue weighted by Gasteiger charge is -2.04. The van der Waals surface area contributed by atoms with E-state index in [2.05, 4.69) is 6.92 Å². The van der Waals surface area contributed by atoms with Crippen molar-refractivity contribution in [3.8, 4) is 0 Å². The van der Waals surface area contributed by atoms with E-state index in [4.69, 9.17) is 17.3 Å². The molecule has 0 saturated carbocycles. The molecule has 64 valence electrons. The van der Waals surface area contributed by atoms with Crippen LogP contribution in [-0.2, 0) is 0 Å². The number of rotatable bonds is 2. The Hall–Kier alpha value is 0.240. The van der Waals surface area contributed by atoms with E-state index in [1.807, 2.05) is 11.4 Å². The van der Waals surface area contributed by atoms with Crippen molar-refractivity contribution in [2.45, 2.75) is 19.4 Å². The summed E-state index contributed by atoms with van der Waals surface area (Å²) in [5.74, 6) is 0. The summed E-state index contributed by atoms with van der Waals surface area (Å²) in [5, 5.41) is 2.77. The van der Waals surface area contributed by atoms with Crippen LogP contribution in [0, 0.1) is 0 Å². The zero-order chi connectivity index (χ0) is 7.56. The first-order chi connectivity index (χ1) is 4.75. The molecular formula is C7H11Cl2NS. The van der Waals surface area contributed by atoms with Crippen molar-refractivity contribution in [2.24, 2.45) is 5.73 Å². The lowest BCUT2D eigenvalue weighted by Crippen LogP contribution is -2.06. The monoisotopic (exact) mass is 211 g/mol. The molecule has 4 heteroatoms. The van der Waals surface area contributed by atoms with Gasteiger partial charge in [0.25, 0.3) is 0 Å². The summed E-state index contributed by atoms with van der Waals surface area (Å²) in [6.45, 7) is 2.06. The van der Waals surface area contributed by atoms with E-state index < -0.39 is 0 Å². The molecule has 0 aliphatic heterocycles. The van der Waals surface area contributed by atoms with Gasteiger partial charge in [0.05, 0.1) is 5.02 Å². The molecule has 2 N–H and O–H groups in total. The highest BCUT2D eigenvalue weighted by atomic mass is 35.5. The number of nitrogens with two attached hydrogens (primary N) is 1. The van der Waals surface area contributed by atoms with Crippen LogP contribution in [0.2, 0.25) is 5.02 Å². The maximum absolute atomic E-state index is 5.84. The van der Waals surface area contributed by atoms with Gasteiger partial charge in [0.2, 0.25) is 0 Å². The summed E-state index contributed by atoms with van der Waals surface area (Å²) in [5.41, 5.74) is 5.77. The molecule has 0 spiro atoms. The Morgan fingerprint density at radius 1 is 1.73 bits per heavy atom. The predicted molar refractivity (Wildman–Crippen MR) is 53.8 cm³/mol. The highest BCUT2D eigenvalue weighted by Crippen LogP contribution is 2.28. The molecule has 0 radical (unpaired) electrons.